The number of para-hydroxylation sites is 1. The Hall–Kier alpha value is -1.28. The van der Waals surface area contributed by atoms with Gasteiger partial charge in [0.1, 0.15) is 0 Å². The molecule has 0 atom stereocenters. The second kappa shape index (κ2) is 5.57. The van der Waals surface area contributed by atoms with Crippen molar-refractivity contribution < 1.29 is 0 Å². The Morgan fingerprint density at radius 3 is 2.39 bits per heavy atom. The van der Waals surface area contributed by atoms with Gasteiger partial charge in [-0.25, -0.2) is 0 Å². The number of hydrogen-bond acceptors (Lipinski definition) is 1. The summed E-state index contributed by atoms with van der Waals surface area (Å²) in [5.41, 5.74) is 6.43. The van der Waals surface area contributed by atoms with Crippen molar-refractivity contribution in [2.24, 2.45) is 0 Å². The van der Waals surface area contributed by atoms with Crippen LogP contribution >= 0.6 is 15.9 Å². The van der Waals surface area contributed by atoms with Crippen molar-refractivity contribution in [1.82, 2.24) is 0 Å². The zero-order valence-electron chi connectivity index (χ0n) is 11.1. The molecular weight excluding hydrogens is 286 g/mol. The van der Waals surface area contributed by atoms with Crippen LogP contribution in [0.15, 0.2) is 42.5 Å². The average molecular weight is 304 g/mol. The highest BCUT2D eigenvalue weighted by Gasteiger charge is 2.10. The Morgan fingerprint density at radius 2 is 1.72 bits per heavy atom. The fourth-order valence-corrected chi connectivity index (χ4v) is 2.74. The molecule has 94 valence electrons. The normalized spacial score (nSPS) is 10.4. The molecule has 0 bridgehead atoms. The maximum Gasteiger partial charge on any atom is 0.0449 e. The highest BCUT2D eigenvalue weighted by Crippen LogP contribution is 2.30. The first-order valence-electron chi connectivity index (χ1n) is 6.08. The number of benzene rings is 2. The number of hydrogen-bond donors (Lipinski definition) is 0. The van der Waals surface area contributed by atoms with Crippen LogP contribution < -0.4 is 4.90 Å². The maximum absolute atomic E-state index is 3.55. The molecule has 0 unspecified atom stereocenters. The Balaban J connectivity index is 2.44. The lowest BCUT2D eigenvalue weighted by Gasteiger charge is -2.24. The van der Waals surface area contributed by atoms with E-state index < -0.39 is 0 Å². The molecule has 0 aliphatic heterocycles. The molecule has 2 rings (SSSR count). The Kier molecular flexibility index (Phi) is 4.07. The average Bonchev–Trinajstić information content (AvgIpc) is 2.38. The molecule has 1 nitrogen and oxygen atoms in total. The van der Waals surface area contributed by atoms with Gasteiger partial charge in [-0.05, 0) is 37.1 Å². The van der Waals surface area contributed by atoms with E-state index in [1.807, 2.05) is 0 Å². The van der Waals surface area contributed by atoms with Crippen LogP contribution in [0.25, 0.3) is 0 Å². The second-order valence-corrected chi connectivity index (χ2v) is 5.17. The molecule has 0 fully saturated rings. The largest absolute Gasteiger partial charge is 0.344 e. The molecule has 0 aliphatic carbocycles. The molecule has 0 aromatic heterocycles. The van der Waals surface area contributed by atoms with Gasteiger partial charge >= 0.3 is 0 Å². The highest BCUT2D eigenvalue weighted by molar-refractivity contribution is 9.08. The molecule has 2 aromatic rings. The van der Waals surface area contributed by atoms with Crippen molar-refractivity contribution in [1.29, 1.82) is 0 Å². The van der Waals surface area contributed by atoms with Crippen LogP contribution in [0.1, 0.15) is 16.7 Å². The minimum atomic E-state index is 0.873. The third kappa shape index (κ3) is 2.59. The lowest BCUT2D eigenvalue weighted by molar-refractivity contribution is 1.16. The van der Waals surface area contributed by atoms with Crippen LogP contribution in [-0.2, 0) is 5.33 Å². The van der Waals surface area contributed by atoms with E-state index in [0.29, 0.717) is 0 Å². The van der Waals surface area contributed by atoms with Crippen molar-refractivity contribution >= 4 is 27.3 Å². The Morgan fingerprint density at radius 1 is 1.00 bits per heavy atom. The molecule has 0 N–H and O–H groups in total. The fourth-order valence-electron chi connectivity index (χ4n) is 2.26. The van der Waals surface area contributed by atoms with E-state index in [2.05, 4.69) is 84.2 Å². The predicted molar refractivity (Wildman–Crippen MR) is 83.1 cm³/mol. The van der Waals surface area contributed by atoms with Gasteiger partial charge in [-0.3, -0.25) is 0 Å². The minimum Gasteiger partial charge on any atom is -0.344 e. The molecule has 0 radical (unpaired) electrons. The van der Waals surface area contributed by atoms with Gasteiger partial charge in [-0.2, -0.15) is 0 Å². The standard InChI is InChI=1S/C16H18BrN/c1-12-8-9-15(13(2)10-12)18(3)16-7-5-4-6-14(16)11-17/h4-10H,11H2,1-3H3. The number of rotatable bonds is 3. The van der Waals surface area contributed by atoms with Gasteiger partial charge in [0.15, 0.2) is 0 Å². The monoisotopic (exact) mass is 303 g/mol. The van der Waals surface area contributed by atoms with Gasteiger partial charge in [-0.1, -0.05) is 51.8 Å². The maximum atomic E-state index is 3.55. The van der Waals surface area contributed by atoms with E-state index in [9.17, 15) is 0 Å². The smallest absolute Gasteiger partial charge is 0.0449 e. The van der Waals surface area contributed by atoms with Gasteiger partial charge < -0.3 is 4.90 Å². The summed E-state index contributed by atoms with van der Waals surface area (Å²) >= 11 is 3.55. The number of nitrogens with zero attached hydrogens (tertiary/aromatic N) is 1. The van der Waals surface area contributed by atoms with E-state index in [1.54, 1.807) is 0 Å². The quantitative estimate of drug-likeness (QED) is 0.724. The van der Waals surface area contributed by atoms with E-state index in [1.165, 1.54) is 28.1 Å². The van der Waals surface area contributed by atoms with E-state index in [-0.39, 0.29) is 0 Å². The van der Waals surface area contributed by atoms with Crippen molar-refractivity contribution in [3.05, 3.63) is 59.2 Å². The van der Waals surface area contributed by atoms with Crippen molar-refractivity contribution in [3.63, 3.8) is 0 Å². The van der Waals surface area contributed by atoms with Crippen LogP contribution in [0.3, 0.4) is 0 Å². The molecule has 2 heteroatoms. The van der Waals surface area contributed by atoms with Gasteiger partial charge in [0.2, 0.25) is 0 Å². The lowest BCUT2D eigenvalue weighted by atomic mass is 10.1. The van der Waals surface area contributed by atoms with Gasteiger partial charge in [0, 0.05) is 23.8 Å². The molecule has 0 saturated heterocycles. The molecular formula is C16H18BrN. The van der Waals surface area contributed by atoms with Gasteiger partial charge in [0.25, 0.3) is 0 Å². The summed E-state index contributed by atoms with van der Waals surface area (Å²) in [6.07, 6.45) is 0. The van der Waals surface area contributed by atoms with Crippen LogP contribution in [0.2, 0.25) is 0 Å². The third-order valence-electron chi connectivity index (χ3n) is 3.21. The second-order valence-electron chi connectivity index (χ2n) is 4.61. The zero-order valence-corrected chi connectivity index (χ0v) is 12.7. The van der Waals surface area contributed by atoms with Crippen molar-refractivity contribution in [3.8, 4) is 0 Å². The number of anilines is 2. The number of halogens is 1. The summed E-state index contributed by atoms with van der Waals surface area (Å²) < 4.78 is 0. The SMILES string of the molecule is Cc1ccc(N(C)c2ccccc2CBr)c(C)c1. The minimum absolute atomic E-state index is 0.873. The van der Waals surface area contributed by atoms with Crippen LogP contribution in [0, 0.1) is 13.8 Å². The molecule has 0 spiro atoms. The third-order valence-corrected chi connectivity index (χ3v) is 3.81. The number of alkyl halides is 1. The fraction of sp³-hybridized carbons (Fsp3) is 0.250. The summed E-state index contributed by atoms with van der Waals surface area (Å²) in [6, 6.07) is 15.1. The van der Waals surface area contributed by atoms with Crippen molar-refractivity contribution in [2.45, 2.75) is 19.2 Å². The molecule has 0 aliphatic rings. The summed E-state index contributed by atoms with van der Waals surface area (Å²) in [4.78, 5) is 2.26. The van der Waals surface area contributed by atoms with Gasteiger partial charge in [0.05, 0.1) is 0 Å². The zero-order chi connectivity index (χ0) is 13.1. The molecule has 0 saturated carbocycles. The Labute approximate surface area is 118 Å². The summed E-state index contributed by atoms with van der Waals surface area (Å²) in [5.74, 6) is 0. The van der Waals surface area contributed by atoms with Crippen LogP contribution in [-0.4, -0.2) is 7.05 Å². The first-order chi connectivity index (χ1) is 8.63. The lowest BCUT2D eigenvalue weighted by Crippen LogP contribution is -2.12. The van der Waals surface area contributed by atoms with Crippen LogP contribution in [0.4, 0.5) is 11.4 Å². The van der Waals surface area contributed by atoms with E-state index >= 15 is 0 Å². The Bertz CT molecular complexity index is 549. The topological polar surface area (TPSA) is 3.24 Å². The van der Waals surface area contributed by atoms with Crippen molar-refractivity contribution in [2.75, 3.05) is 11.9 Å². The predicted octanol–water partition coefficient (Wildman–Crippen LogP) is 4.97. The molecule has 18 heavy (non-hydrogen) atoms. The first kappa shape index (κ1) is 13.2. The first-order valence-corrected chi connectivity index (χ1v) is 7.20. The molecule has 0 heterocycles. The summed E-state index contributed by atoms with van der Waals surface area (Å²) in [7, 11) is 2.12. The summed E-state index contributed by atoms with van der Waals surface area (Å²) in [6.45, 7) is 4.29. The highest BCUT2D eigenvalue weighted by atomic mass is 79.9. The van der Waals surface area contributed by atoms with E-state index in [0.717, 1.165) is 5.33 Å². The number of aryl methyl sites for hydroxylation is 2. The van der Waals surface area contributed by atoms with Gasteiger partial charge in [-0.15, -0.1) is 0 Å². The van der Waals surface area contributed by atoms with Crippen LogP contribution in [0.5, 0.6) is 0 Å². The van der Waals surface area contributed by atoms with E-state index in [4.69, 9.17) is 0 Å². The summed E-state index contributed by atoms with van der Waals surface area (Å²) in [5, 5.41) is 0.873. The molecule has 0 amide bonds. The molecule has 2 aromatic carbocycles.